The monoisotopic (exact) mass is 208 g/mol. The first-order valence-corrected chi connectivity index (χ1v) is 4.08. The fourth-order valence-corrected chi connectivity index (χ4v) is 1.04. The molecule has 15 heavy (non-hydrogen) atoms. The highest BCUT2D eigenvalue weighted by Gasteiger charge is 2.09. The zero-order valence-electron chi connectivity index (χ0n) is 7.65. The molecule has 1 aromatic rings. The Kier molecular flexibility index (Phi) is 3.61. The van der Waals surface area contributed by atoms with E-state index in [0.717, 1.165) is 0 Å². The van der Waals surface area contributed by atoms with Crippen LogP contribution in [0.4, 0.5) is 5.69 Å². The molecule has 0 aromatic heterocycles. The number of aliphatic hydroxyl groups is 1. The van der Waals surface area contributed by atoms with Gasteiger partial charge >= 0.3 is 0 Å². The van der Waals surface area contributed by atoms with Gasteiger partial charge in [0.05, 0.1) is 17.6 Å². The van der Waals surface area contributed by atoms with Gasteiger partial charge in [-0.05, 0) is 23.2 Å². The lowest BCUT2D eigenvalue weighted by atomic mass is 10.1. The number of nitro groups is 1. The topological polar surface area (TPSA) is 112 Å². The van der Waals surface area contributed by atoms with Gasteiger partial charge in [0, 0.05) is 17.0 Å². The van der Waals surface area contributed by atoms with E-state index in [0.29, 0.717) is 5.56 Å². The maximum Gasteiger partial charge on any atom is 0.269 e. The average molecular weight is 208 g/mol. The molecule has 0 fully saturated rings. The molecule has 0 aliphatic rings. The van der Waals surface area contributed by atoms with Crippen molar-refractivity contribution in [2.75, 3.05) is 6.54 Å². The first-order valence-electron chi connectivity index (χ1n) is 4.08. The van der Waals surface area contributed by atoms with Gasteiger partial charge in [0.1, 0.15) is 0 Å². The molecule has 0 saturated carbocycles. The van der Waals surface area contributed by atoms with Crippen LogP contribution in [0, 0.1) is 10.1 Å². The summed E-state index contributed by atoms with van der Waals surface area (Å²) in [6, 6.07) is 5.43. The third kappa shape index (κ3) is 2.94. The molecular weight excluding hydrogens is 200 g/mol. The molecule has 0 bridgehead atoms. The van der Waals surface area contributed by atoms with Crippen LogP contribution in [-0.2, 0) is 0 Å². The molecule has 0 heterocycles. The molecule has 0 aliphatic carbocycles. The summed E-state index contributed by atoms with van der Waals surface area (Å²) in [5.74, 6) is 0. The lowest BCUT2D eigenvalue weighted by molar-refractivity contribution is -0.384. The summed E-state index contributed by atoms with van der Waals surface area (Å²) in [5, 5.41) is 23.0. The highest BCUT2D eigenvalue weighted by atomic mass is 16.6. The summed E-state index contributed by atoms with van der Waals surface area (Å²) in [4.78, 5) is 12.3. The van der Waals surface area contributed by atoms with E-state index in [1.54, 1.807) is 0 Å². The van der Waals surface area contributed by atoms with Crippen LogP contribution in [0.1, 0.15) is 11.7 Å². The lowest BCUT2D eigenvalue weighted by Crippen LogP contribution is -2.00. The standard InChI is InChI=1S/C8H8N4O3/c9-11-10-5-8(13)6-1-3-7(4-2-6)12(14)15/h1-4,8,13H,5H2/t8-/m0/s1. The van der Waals surface area contributed by atoms with Gasteiger partial charge in [-0.2, -0.15) is 0 Å². The summed E-state index contributed by atoms with van der Waals surface area (Å²) in [6.45, 7) is -0.0890. The minimum absolute atomic E-state index is 0.0465. The van der Waals surface area contributed by atoms with Crippen LogP contribution >= 0.6 is 0 Å². The molecule has 1 aromatic carbocycles. The SMILES string of the molecule is [N-]=[N+]=NC[C@H](O)c1ccc([N+](=O)[O-])cc1. The van der Waals surface area contributed by atoms with Crippen molar-refractivity contribution >= 4 is 5.69 Å². The minimum atomic E-state index is -0.929. The Morgan fingerprint density at radius 1 is 1.53 bits per heavy atom. The molecule has 0 radical (unpaired) electrons. The van der Waals surface area contributed by atoms with E-state index in [4.69, 9.17) is 5.53 Å². The number of hydrogen-bond acceptors (Lipinski definition) is 4. The van der Waals surface area contributed by atoms with E-state index in [1.807, 2.05) is 0 Å². The summed E-state index contributed by atoms with van der Waals surface area (Å²) < 4.78 is 0. The van der Waals surface area contributed by atoms with Gasteiger partial charge < -0.3 is 5.11 Å². The van der Waals surface area contributed by atoms with Gasteiger partial charge in [-0.3, -0.25) is 10.1 Å². The van der Waals surface area contributed by atoms with E-state index in [2.05, 4.69) is 10.0 Å². The Balaban J connectivity index is 2.79. The van der Waals surface area contributed by atoms with Crippen LogP contribution in [0.3, 0.4) is 0 Å². The molecule has 0 saturated heterocycles. The number of benzene rings is 1. The summed E-state index contributed by atoms with van der Waals surface area (Å²) >= 11 is 0. The number of hydrogen-bond donors (Lipinski definition) is 1. The van der Waals surface area contributed by atoms with Crippen molar-refractivity contribution in [3.63, 3.8) is 0 Å². The molecule has 1 N–H and O–H groups in total. The Morgan fingerprint density at radius 2 is 2.13 bits per heavy atom. The quantitative estimate of drug-likeness (QED) is 0.268. The van der Waals surface area contributed by atoms with Gasteiger partial charge in [0.15, 0.2) is 0 Å². The molecule has 7 heteroatoms. The number of nitrogens with zero attached hydrogens (tertiary/aromatic N) is 4. The van der Waals surface area contributed by atoms with Crippen LogP contribution in [0.2, 0.25) is 0 Å². The van der Waals surface area contributed by atoms with Crippen molar-refractivity contribution in [2.45, 2.75) is 6.10 Å². The van der Waals surface area contributed by atoms with Crippen LogP contribution in [0.25, 0.3) is 10.4 Å². The number of nitro benzene ring substituents is 1. The molecule has 0 unspecified atom stereocenters. The van der Waals surface area contributed by atoms with Gasteiger partial charge in [-0.25, -0.2) is 0 Å². The maximum absolute atomic E-state index is 10.3. The predicted molar refractivity (Wildman–Crippen MR) is 52.1 cm³/mol. The smallest absolute Gasteiger partial charge is 0.269 e. The second-order valence-electron chi connectivity index (χ2n) is 2.78. The van der Waals surface area contributed by atoms with E-state index in [9.17, 15) is 15.2 Å². The van der Waals surface area contributed by atoms with Crippen LogP contribution in [-0.4, -0.2) is 16.6 Å². The Morgan fingerprint density at radius 3 is 2.60 bits per heavy atom. The molecule has 78 valence electrons. The van der Waals surface area contributed by atoms with Crippen molar-refractivity contribution in [1.82, 2.24) is 0 Å². The Labute approximate surface area is 84.7 Å². The van der Waals surface area contributed by atoms with Gasteiger partial charge in [-0.1, -0.05) is 5.11 Å². The highest BCUT2D eigenvalue weighted by Crippen LogP contribution is 2.17. The molecule has 7 nitrogen and oxygen atoms in total. The Hall–Kier alpha value is -2.11. The normalized spacial score (nSPS) is 11.5. The third-order valence-electron chi connectivity index (χ3n) is 1.81. The van der Waals surface area contributed by atoms with Crippen molar-refractivity contribution in [3.8, 4) is 0 Å². The van der Waals surface area contributed by atoms with Gasteiger partial charge in [-0.15, -0.1) is 0 Å². The Bertz CT molecular complexity index is 397. The lowest BCUT2D eigenvalue weighted by Gasteiger charge is -2.06. The van der Waals surface area contributed by atoms with Crippen molar-refractivity contribution in [3.05, 3.63) is 50.4 Å². The van der Waals surface area contributed by atoms with Crippen LogP contribution in [0.15, 0.2) is 29.4 Å². The number of aliphatic hydroxyl groups excluding tert-OH is 1. The number of azide groups is 1. The third-order valence-corrected chi connectivity index (χ3v) is 1.81. The van der Waals surface area contributed by atoms with E-state index < -0.39 is 11.0 Å². The molecular formula is C8H8N4O3. The van der Waals surface area contributed by atoms with Crippen molar-refractivity contribution in [2.24, 2.45) is 5.11 Å². The fraction of sp³-hybridized carbons (Fsp3) is 0.250. The highest BCUT2D eigenvalue weighted by molar-refractivity contribution is 5.33. The van der Waals surface area contributed by atoms with Crippen molar-refractivity contribution < 1.29 is 10.0 Å². The van der Waals surface area contributed by atoms with E-state index in [1.165, 1.54) is 24.3 Å². The zero-order chi connectivity index (χ0) is 11.3. The second-order valence-corrected chi connectivity index (χ2v) is 2.78. The molecule has 1 rings (SSSR count). The first-order chi connectivity index (χ1) is 7.15. The van der Waals surface area contributed by atoms with Gasteiger partial charge in [0.2, 0.25) is 0 Å². The number of non-ortho nitro benzene ring substituents is 1. The van der Waals surface area contributed by atoms with Crippen molar-refractivity contribution in [1.29, 1.82) is 0 Å². The van der Waals surface area contributed by atoms with E-state index in [-0.39, 0.29) is 12.2 Å². The fourth-order valence-electron chi connectivity index (χ4n) is 1.04. The largest absolute Gasteiger partial charge is 0.388 e. The van der Waals surface area contributed by atoms with Crippen LogP contribution < -0.4 is 0 Å². The molecule has 0 amide bonds. The summed E-state index contributed by atoms with van der Waals surface area (Å²) in [5.41, 5.74) is 8.47. The first kappa shape index (κ1) is 11.0. The predicted octanol–water partition coefficient (Wildman–Crippen LogP) is 1.94. The van der Waals surface area contributed by atoms with E-state index >= 15 is 0 Å². The molecule has 0 aliphatic heterocycles. The second kappa shape index (κ2) is 4.94. The summed E-state index contributed by atoms with van der Waals surface area (Å²) in [7, 11) is 0. The maximum atomic E-state index is 10.3. The summed E-state index contributed by atoms with van der Waals surface area (Å²) in [6.07, 6.45) is -0.929. The molecule has 1 atom stereocenters. The van der Waals surface area contributed by atoms with Crippen LogP contribution in [0.5, 0.6) is 0 Å². The number of rotatable bonds is 4. The zero-order valence-corrected chi connectivity index (χ0v) is 7.65. The molecule has 0 spiro atoms. The van der Waals surface area contributed by atoms with Gasteiger partial charge in [0.25, 0.3) is 5.69 Å². The minimum Gasteiger partial charge on any atom is -0.388 e. The average Bonchev–Trinajstić information content (AvgIpc) is 2.26.